The second kappa shape index (κ2) is 4.32. The lowest BCUT2D eigenvalue weighted by Gasteiger charge is -2.05. The largest absolute Gasteiger partial charge is 0.483 e. The van der Waals surface area contributed by atoms with E-state index in [1.54, 1.807) is 0 Å². The molecule has 0 bridgehead atoms. The molecule has 2 nitrogen and oxygen atoms in total. The third-order valence-corrected chi connectivity index (χ3v) is 1.35. The molecule has 0 aliphatic carbocycles. The second-order valence-corrected chi connectivity index (χ2v) is 2.58. The summed E-state index contributed by atoms with van der Waals surface area (Å²) in [5.41, 5.74) is 0. The summed E-state index contributed by atoms with van der Waals surface area (Å²) >= 11 is 5.44. The number of aromatic nitrogens is 1. The average Bonchev–Trinajstić information content (AvgIpc) is 2.06. The number of hydrogen-bond acceptors (Lipinski definition) is 2. The first-order chi connectivity index (χ1) is 6.09. The summed E-state index contributed by atoms with van der Waals surface area (Å²) in [5, 5.41) is 0.130. The van der Waals surface area contributed by atoms with Gasteiger partial charge in [0.15, 0.2) is 5.75 Å². The first-order valence-electron chi connectivity index (χ1n) is 3.31. The molecule has 0 amide bonds. The lowest BCUT2D eigenvalue weighted by atomic mass is 10.4. The van der Waals surface area contributed by atoms with E-state index in [4.69, 9.17) is 11.6 Å². The Bertz CT molecular complexity index is 295. The van der Waals surface area contributed by atoms with E-state index in [2.05, 4.69) is 9.72 Å². The van der Waals surface area contributed by atoms with Crippen LogP contribution in [0.15, 0.2) is 12.3 Å². The van der Waals surface area contributed by atoms with Crippen molar-refractivity contribution < 1.29 is 17.9 Å². The van der Waals surface area contributed by atoms with Crippen LogP contribution in [0.1, 0.15) is 0 Å². The molecule has 1 aromatic rings. The van der Waals surface area contributed by atoms with Gasteiger partial charge >= 0.3 is 0 Å². The van der Waals surface area contributed by atoms with Crippen LogP contribution < -0.4 is 4.74 Å². The Morgan fingerprint density at radius 2 is 2.23 bits per heavy atom. The maximum atomic E-state index is 12.7. The zero-order chi connectivity index (χ0) is 9.84. The topological polar surface area (TPSA) is 22.1 Å². The summed E-state index contributed by atoms with van der Waals surface area (Å²) in [6, 6.07) is 1.09. The van der Waals surface area contributed by atoms with Gasteiger partial charge in [-0.05, 0) is 0 Å². The molecular formula is C7H5ClF3NO. The first kappa shape index (κ1) is 10.1. The number of ether oxygens (including phenoxy) is 1. The molecule has 0 fully saturated rings. The number of nitrogens with zero attached hydrogens (tertiary/aromatic N) is 1. The van der Waals surface area contributed by atoms with E-state index in [0.717, 1.165) is 12.3 Å². The summed E-state index contributed by atoms with van der Waals surface area (Å²) < 4.78 is 40.4. The summed E-state index contributed by atoms with van der Waals surface area (Å²) in [6.07, 6.45) is -1.59. The van der Waals surface area contributed by atoms with Gasteiger partial charge in [-0.1, -0.05) is 11.6 Å². The third kappa shape index (κ3) is 3.10. The zero-order valence-electron chi connectivity index (χ0n) is 6.31. The first-order valence-corrected chi connectivity index (χ1v) is 3.69. The van der Waals surface area contributed by atoms with Crippen LogP contribution in [0.4, 0.5) is 13.2 Å². The van der Waals surface area contributed by atoms with E-state index in [9.17, 15) is 13.2 Å². The summed E-state index contributed by atoms with van der Waals surface area (Å²) in [4.78, 5) is 3.19. The molecule has 72 valence electrons. The summed E-state index contributed by atoms with van der Waals surface area (Å²) in [7, 11) is 0. The van der Waals surface area contributed by atoms with Crippen LogP contribution >= 0.6 is 11.6 Å². The summed E-state index contributed by atoms with van der Waals surface area (Å²) in [6.45, 7) is -0.876. The van der Waals surface area contributed by atoms with Gasteiger partial charge < -0.3 is 4.74 Å². The Labute approximate surface area is 77.3 Å². The molecule has 0 saturated carbocycles. The van der Waals surface area contributed by atoms with Crippen LogP contribution in [0.3, 0.4) is 0 Å². The fourth-order valence-corrected chi connectivity index (χ4v) is 0.806. The van der Waals surface area contributed by atoms with Crippen molar-refractivity contribution in [3.63, 3.8) is 0 Å². The predicted molar refractivity (Wildman–Crippen MR) is 40.7 cm³/mol. The number of hydrogen-bond donors (Lipinski definition) is 0. The standard InChI is InChI=1S/C7H5ClF3NO/c8-4-1-5(7(11)12-2-4)13-3-6(9)10/h1-2,6H,3H2. The van der Waals surface area contributed by atoms with Crippen LogP contribution in [0.25, 0.3) is 0 Å². The van der Waals surface area contributed by atoms with Gasteiger partial charge in [0.1, 0.15) is 6.61 Å². The van der Waals surface area contributed by atoms with E-state index in [0.29, 0.717) is 0 Å². The fourth-order valence-electron chi connectivity index (χ4n) is 0.658. The van der Waals surface area contributed by atoms with Crippen LogP contribution in [0.2, 0.25) is 5.02 Å². The zero-order valence-corrected chi connectivity index (χ0v) is 7.06. The molecule has 0 N–H and O–H groups in total. The van der Waals surface area contributed by atoms with Crippen LogP contribution in [0, 0.1) is 5.95 Å². The van der Waals surface area contributed by atoms with E-state index < -0.39 is 19.0 Å². The van der Waals surface area contributed by atoms with E-state index in [-0.39, 0.29) is 10.8 Å². The van der Waals surface area contributed by atoms with Crippen LogP contribution in [-0.4, -0.2) is 18.0 Å². The monoisotopic (exact) mass is 211 g/mol. The molecule has 0 aliphatic heterocycles. The van der Waals surface area contributed by atoms with E-state index >= 15 is 0 Å². The highest BCUT2D eigenvalue weighted by molar-refractivity contribution is 6.30. The fraction of sp³-hybridized carbons (Fsp3) is 0.286. The maximum Gasteiger partial charge on any atom is 0.272 e. The predicted octanol–water partition coefficient (Wildman–Crippen LogP) is 2.52. The van der Waals surface area contributed by atoms with Crippen molar-refractivity contribution in [3.05, 3.63) is 23.2 Å². The van der Waals surface area contributed by atoms with Gasteiger partial charge in [0.25, 0.3) is 12.4 Å². The quantitative estimate of drug-likeness (QED) is 0.717. The van der Waals surface area contributed by atoms with Crippen LogP contribution in [0.5, 0.6) is 5.75 Å². The summed E-state index contributed by atoms with van der Waals surface area (Å²) in [5.74, 6) is -1.32. The molecule has 1 heterocycles. The van der Waals surface area contributed by atoms with Gasteiger partial charge in [0, 0.05) is 12.3 Å². The number of pyridine rings is 1. The smallest absolute Gasteiger partial charge is 0.272 e. The molecule has 0 spiro atoms. The van der Waals surface area contributed by atoms with Crippen molar-refractivity contribution in [1.29, 1.82) is 0 Å². The third-order valence-electron chi connectivity index (χ3n) is 1.14. The molecule has 0 aromatic carbocycles. The molecule has 6 heteroatoms. The lowest BCUT2D eigenvalue weighted by molar-refractivity contribution is 0.0794. The van der Waals surface area contributed by atoms with Gasteiger partial charge in [0.2, 0.25) is 0 Å². The molecule has 0 atom stereocenters. The minimum atomic E-state index is -2.65. The molecule has 0 radical (unpaired) electrons. The van der Waals surface area contributed by atoms with Crippen LogP contribution in [-0.2, 0) is 0 Å². The molecule has 0 saturated heterocycles. The normalized spacial score (nSPS) is 10.5. The molecule has 0 aliphatic rings. The Morgan fingerprint density at radius 1 is 1.54 bits per heavy atom. The lowest BCUT2D eigenvalue weighted by Crippen LogP contribution is -2.08. The second-order valence-electron chi connectivity index (χ2n) is 2.14. The number of alkyl halides is 2. The minimum absolute atomic E-state index is 0.130. The molecule has 1 rings (SSSR count). The van der Waals surface area contributed by atoms with Crippen molar-refractivity contribution in [3.8, 4) is 5.75 Å². The van der Waals surface area contributed by atoms with Crippen molar-refractivity contribution in [2.45, 2.75) is 6.43 Å². The van der Waals surface area contributed by atoms with Crippen molar-refractivity contribution in [2.75, 3.05) is 6.61 Å². The van der Waals surface area contributed by atoms with Crippen molar-refractivity contribution >= 4 is 11.6 Å². The Hall–Kier alpha value is -0.970. The Kier molecular flexibility index (Phi) is 3.36. The molecular weight excluding hydrogens is 207 g/mol. The number of halogens is 4. The highest BCUT2D eigenvalue weighted by Gasteiger charge is 2.09. The molecule has 0 unspecified atom stereocenters. The Balaban J connectivity index is 2.70. The van der Waals surface area contributed by atoms with Crippen molar-refractivity contribution in [1.82, 2.24) is 4.98 Å². The number of rotatable bonds is 3. The van der Waals surface area contributed by atoms with Gasteiger partial charge in [0.05, 0.1) is 5.02 Å². The van der Waals surface area contributed by atoms with E-state index in [1.165, 1.54) is 0 Å². The highest BCUT2D eigenvalue weighted by Crippen LogP contribution is 2.19. The Morgan fingerprint density at radius 3 is 2.85 bits per heavy atom. The van der Waals surface area contributed by atoms with Gasteiger partial charge in [-0.2, -0.15) is 4.39 Å². The molecule has 1 aromatic heterocycles. The van der Waals surface area contributed by atoms with E-state index in [1.807, 2.05) is 0 Å². The SMILES string of the molecule is Fc1ncc(Cl)cc1OCC(F)F. The minimum Gasteiger partial charge on any atom is -0.483 e. The van der Waals surface area contributed by atoms with Gasteiger partial charge in [-0.3, -0.25) is 0 Å². The van der Waals surface area contributed by atoms with Crippen molar-refractivity contribution in [2.24, 2.45) is 0 Å². The average molecular weight is 212 g/mol. The van der Waals surface area contributed by atoms with Gasteiger partial charge in [-0.25, -0.2) is 13.8 Å². The highest BCUT2D eigenvalue weighted by atomic mass is 35.5. The molecule has 13 heavy (non-hydrogen) atoms. The van der Waals surface area contributed by atoms with Gasteiger partial charge in [-0.15, -0.1) is 0 Å². The maximum absolute atomic E-state index is 12.7.